The zero-order valence-electron chi connectivity index (χ0n) is 14.1. The van der Waals surface area contributed by atoms with Crippen LogP contribution in [-0.2, 0) is 4.79 Å². The van der Waals surface area contributed by atoms with Crippen molar-refractivity contribution in [2.45, 2.75) is 50.0 Å². The molecule has 1 saturated heterocycles. The summed E-state index contributed by atoms with van der Waals surface area (Å²) in [5, 5.41) is 4.52. The molecule has 1 aliphatic heterocycles. The molecule has 2 saturated carbocycles. The molecule has 1 aromatic heterocycles. The van der Waals surface area contributed by atoms with Gasteiger partial charge >= 0.3 is 0 Å². The molecular weight excluding hydrogens is 346 g/mol. The van der Waals surface area contributed by atoms with Crippen molar-refractivity contribution in [3.8, 4) is 5.88 Å². The molecule has 0 bridgehead atoms. The summed E-state index contributed by atoms with van der Waals surface area (Å²) in [6.45, 7) is -0.0339. The van der Waals surface area contributed by atoms with Gasteiger partial charge in [-0.1, -0.05) is 0 Å². The van der Waals surface area contributed by atoms with Gasteiger partial charge in [-0.3, -0.25) is 25.2 Å². The summed E-state index contributed by atoms with van der Waals surface area (Å²) in [5.74, 6) is -3.33. The molecule has 2 N–H and O–H groups in total. The molecule has 7 nitrogen and oxygen atoms in total. The maximum Gasteiger partial charge on any atom is 0.278 e. The van der Waals surface area contributed by atoms with Crippen LogP contribution in [-0.4, -0.2) is 46.9 Å². The van der Waals surface area contributed by atoms with E-state index in [1.165, 1.54) is 6.20 Å². The second-order valence-corrected chi connectivity index (χ2v) is 7.29. The number of alkyl halides is 2. The Morgan fingerprint density at radius 1 is 1.31 bits per heavy atom. The van der Waals surface area contributed by atoms with Gasteiger partial charge in [-0.05, 0) is 31.6 Å². The molecule has 0 radical (unpaired) electrons. The highest BCUT2D eigenvalue weighted by Crippen LogP contribution is 2.42. The van der Waals surface area contributed by atoms with E-state index < -0.39 is 36.7 Å². The van der Waals surface area contributed by atoms with Crippen molar-refractivity contribution < 1.29 is 23.1 Å². The minimum Gasteiger partial charge on any atom is -0.476 e. The van der Waals surface area contributed by atoms with Crippen LogP contribution in [0.4, 0.5) is 8.78 Å². The molecule has 140 valence electrons. The monoisotopic (exact) mass is 366 g/mol. The van der Waals surface area contributed by atoms with Crippen LogP contribution in [0.1, 0.15) is 54.2 Å². The van der Waals surface area contributed by atoms with Gasteiger partial charge in [0.05, 0.1) is 25.4 Å². The fourth-order valence-electron chi connectivity index (χ4n) is 2.88. The fraction of sp³-hybridized carbons (Fsp3) is 0.647. The summed E-state index contributed by atoms with van der Waals surface area (Å²) in [4.78, 5) is 32.8. The van der Waals surface area contributed by atoms with E-state index in [1.54, 1.807) is 0 Å². The van der Waals surface area contributed by atoms with E-state index in [2.05, 4.69) is 20.6 Å². The SMILES string of the molecule is O=C(NC(=O)[C@@H]1CC(F)(F)CN1)c1cnc(C2CC2)c(OCC2CC2)n1. The Balaban J connectivity index is 1.43. The Bertz CT molecular complexity index is 735. The van der Waals surface area contributed by atoms with Gasteiger partial charge in [-0.15, -0.1) is 0 Å². The lowest BCUT2D eigenvalue weighted by atomic mass is 10.2. The van der Waals surface area contributed by atoms with Gasteiger partial charge in [0.25, 0.3) is 11.8 Å². The van der Waals surface area contributed by atoms with Crippen LogP contribution in [0.2, 0.25) is 0 Å². The molecule has 26 heavy (non-hydrogen) atoms. The highest BCUT2D eigenvalue weighted by Gasteiger charge is 2.42. The molecule has 2 heterocycles. The maximum absolute atomic E-state index is 13.2. The van der Waals surface area contributed by atoms with Crippen LogP contribution in [0, 0.1) is 5.92 Å². The predicted octanol–water partition coefficient (Wildman–Crippen LogP) is 1.40. The zero-order valence-corrected chi connectivity index (χ0v) is 14.1. The molecule has 4 rings (SSSR count). The third kappa shape index (κ3) is 3.98. The lowest BCUT2D eigenvalue weighted by Gasteiger charge is -2.12. The molecule has 3 aliphatic rings. The molecule has 2 amide bonds. The second kappa shape index (κ2) is 6.53. The van der Waals surface area contributed by atoms with Gasteiger partial charge in [0.1, 0.15) is 5.69 Å². The Morgan fingerprint density at radius 2 is 2.08 bits per heavy atom. The van der Waals surface area contributed by atoms with E-state index in [0.29, 0.717) is 24.3 Å². The Labute approximate surface area is 148 Å². The molecule has 1 aromatic rings. The number of halogens is 2. The van der Waals surface area contributed by atoms with Crippen LogP contribution in [0.5, 0.6) is 5.88 Å². The summed E-state index contributed by atoms with van der Waals surface area (Å²) < 4.78 is 32.1. The number of ether oxygens (including phenoxy) is 1. The van der Waals surface area contributed by atoms with Crippen molar-refractivity contribution >= 4 is 11.8 Å². The first-order valence-corrected chi connectivity index (χ1v) is 8.87. The van der Waals surface area contributed by atoms with Gasteiger partial charge < -0.3 is 4.74 Å². The first-order chi connectivity index (χ1) is 12.4. The average Bonchev–Trinajstić information content (AvgIpc) is 3.51. The largest absolute Gasteiger partial charge is 0.476 e. The molecule has 2 aliphatic carbocycles. The molecule has 0 spiro atoms. The van der Waals surface area contributed by atoms with Crippen molar-refractivity contribution in [1.82, 2.24) is 20.6 Å². The quantitative estimate of drug-likeness (QED) is 0.739. The molecular formula is C17H20F2N4O3. The van der Waals surface area contributed by atoms with Crippen molar-refractivity contribution in [2.75, 3.05) is 13.2 Å². The van der Waals surface area contributed by atoms with Crippen LogP contribution in [0.25, 0.3) is 0 Å². The number of hydrogen-bond donors (Lipinski definition) is 2. The number of amides is 2. The lowest BCUT2D eigenvalue weighted by molar-refractivity contribution is -0.122. The highest BCUT2D eigenvalue weighted by molar-refractivity contribution is 6.05. The smallest absolute Gasteiger partial charge is 0.278 e. The second-order valence-electron chi connectivity index (χ2n) is 7.29. The number of hydrogen-bond acceptors (Lipinski definition) is 6. The standard InChI is InChI=1S/C17H20F2N4O3/c18-17(19)5-11(21-8-17)14(24)23-15(25)12-6-20-13(10-3-4-10)16(22-12)26-7-9-1-2-9/h6,9-11,21H,1-5,7-8H2,(H,23,24,25)/t11-/m0/s1. The maximum atomic E-state index is 13.2. The van der Waals surface area contributed by atoms with Crippen molar-refractivity contribution in [3.63, 3.8) is 0 Å². The zero-order chi connectivity index (χ0) is 18.3. The van der Waals surface area contributed by atoms with E-state index in [9.17, 15) is 18.4 Å². The normalized spacial score (nSPS) is 24.3. The van der Waals surface area contributed by atoms with E-state index in [4.69, 9.17) is 4.74 Å². The topological polar surface area (TPSA) is 93.2 Å². The number of rotatable bonds is 6. The lowest BCUT2D eigenvalue weighted by Crippen LogP contribution is -2.43. The van der Waals surface area contributed by atoms with Gasteiger partial charge in [0.2, 0.25) is 11.8 Å². The number of carbonyl (C=O) groups is 2. The Kier molecular flexibility index (Phi) is 4.34. The summed E-state index contributed by atoms with van der Waals surface area (Å²) in [7, 11) is 0. The minimum absolute atomic E-state index is 0.0571. The number of aromatic nitrogens is 2. The Morgan fingerprint density at radius 3 is 2.69 bits per heavy atom. The summed E-state index contributed by atoms with van der Waals surface area (Å²) >= 11 is 0. The van der Waals surface area contributed by atoms with Crippen LogP contribution in [0.15, 0.2) is 6.20 Å². The van der Waals surface area contributed by atoms with Crippen LogP contribution < -0.4 is 15.4 Å². The molecule has 3 fully saturated rings. The Hall–Kier alpha value is -2.16. The van der Waals surface area contributed by atoms with E-state index in [0.717, 1.165) is 31.4 Å². The summed E-state index contributed by atoms with van der Waals surface area (Å²) in [6.07, 6.45) is 4.95. The number of carbonyl (C=O) groups excluding carboxylic acids is 2. The third-order valence-corrected chi connectivity index (χ3v) is 4.78. The van der Waals surface area contributed by atoms with Crippen LogP contribution in [0.3, 0.4) is 0 Å². The average molecular weight is 366 g/mol. The number of nitrogens with zero attached hydrogens (tertiary/aromatic N) is 2. The van der Waals surface area contributed by atoms with Crippen molar-refractivity contribution in [1.29, 1.82) is 0 Å². The van der Waals surface area contributed by atoms with Gasteiger partial charge in [-0.2, -0.15) is 0 Å². The van der Waals surface area contributed by atoms with Crippen molar-refractivity contribution in [3.05, 3.63) is 17.6 Å². The van der Waals surface area contributed by atoms with Gasteiger partial charge in [0, 0.05) is 12.3 Å². The fourth-order valence-corrected chi connectivity index (χ4v) is 2.88. The van der Waals surface area contributed by atoms with E-state index >= 15 is 0 Å². The van der Waals surface area contributed by atoms with E-state index in [-0.39, 0.29) is 5.69 Å². The predicted molar refractivity (Wildman–Crippen MR) is 86.1 cm³/mol. The van der Waals surface area contributed by atoms with E-state index in [1.807, 2.05) is 0 Å². The van der Waals surface area contributed by atoms with Gasteiger partial charge in [-0.25, -0.2) is 13.8 Å². The first kappa shape index (κ1) is 17.3. The van der Waals surface area contributed by atoms with Crippen LogP contribution >= 0.6 is 0 Å². The van der Waals surface area contributed by atoms with Crippen molar-refractivity contribution in [2.24, 2.45) is 5.92 Å². The molecule has 0 aromatic carbocycles. The molecule has 1 atom stereocenters. The third-order valence-electron chi connectivity index (χ3n) is 4.78. The first-order valence-electron chi connectivity index (χ1n) is 8.87. The minimum atomic E-state index is -2.94. The molecule has 9 heteroatoms. The van der Waals surface area contributed by atoms with Gasteiger partial charge in [0.15, 0.2) is 5.69 Å². The molecule has 0 unspecified atom stereocenters. The summed E-state index contributed by atoms with van der Waals surface area (Å²) in [5.41, 5.74) is 0.684. The highest BCUT2D eigenvalue weighted by atomic mass is 19.3. The summed E-state index contributed by atoms with van der Waals surface area (Å²) in [6, 6.07) is -1.10. The number of imide groups is 1. The number of nitrogens with one attached hydrogen (secondary N) is 2.